The summed E-state index contributed by atoms with van der Waals surface area (Å²) in [6.07, 6.45) is 1.80. The molecular formula is C17H12BrNO3. The summed E-state index contributed by atoms with van der Waals surface area (Å²) in [5.74, 6) is -0.516. The number of ether oxygens (including phenoxy) is 1. The summed E-state index contributed by atoms with van der Waals surface area (Å²) >= 11 is 3.41. The van der Waals surface area contributed by atoms with Crippen molar-refractivity contribution < 1.29 is 14.3 Å². The average Bonchev–Trinajstić information content (AvgIpc) is 2.83. The molecule has 2 aromatic rings. The van der Waals surface area contributed by atoms with Crippen LogP contribution in [0.4, 0.5) is 5.69 Å². The van der Waals surface area contributed by atoms with E-state index in [1.165, 1.54) is 7.11 Å². The highest BCUT2D eigenvalue weighted by molar-refractivity contribution is 9.10. The van der Waals surface area contributed by atoms with Gasteiger partial charge in [0.25, 0.3) is 5.91 Å². The number of halogens is 1. The Bertz CT molecular complexity index is 794. The molecule has 1 heterocycles. The van der Waals surface area contributed by atoms with Crippen molar-refractivity contribution in [3.05, 3.63) is 63.6 Å². The van der Waals surface area contributed by atoms with Crippen LogP contribution in [0.2, 0.25) is 0 Å². The van der Waals surface area contributed by atoms with E-state index in [0.29, 0.717) is 11.1 Å². The molecule has 3 rings (SSSR count). The van der Waals surface area contributed by atoms with Gasteiger partial charge in [-0.2, -0.15) is 0 Å². The molecule has 2 aromatic carbocycles. The molecule has 4 nitrogen and oxygen atoms in total. The van der Waals surface area contributed by atoms with Crippen LogP contribution in [-0.2, 0) is 9.53 Å². The van der Waals surface area contributed by atoms with E-state index in [9.17, 15) is 9.59 Å². The van der Waals surface area contributed by atoms with Crippen LogP contribution in [0.3, 0.4) is 0 Å². The van der Waals surface area contributed by atoms with E-state index in [-0.39, 0.29) is 11.9 Å². The van der Waals surface area contributed by atoms with Gasteiger partial charge in [0.05, 0.1) is 12.7 Å². The summed E-state index contributed by atoms with van der Waals surface area (Å²) < 4.78 is 5.57. The lowest BCUT2D eigenvalue weighted by Gasteiger charge is -2.01. The number of methoxy groups -OCH3 is 1. The number of hydrogen-bond donors (Lipinski definition) is 1. The van der Waals surface area contributed by atoms with E-state index in [0.717, 1.165) is 21.3 Å². The molecule has 0 fully saturated rings. The number of hydrogen-bond acceptors (Lipinski definition) is 3. The van der Waals surface area contributed by atoms with Gasteiger partial charge in [-0.1, -0.05) is 28.1 Å². The van der Waals surface area contributed by atoms with Crippen molar-refractivity contribution in [3.8, 4) is 0 Å². The zero-order chi connectivity index (χ0) is 15.7. The van der Waals surface area contributed by atoms with Crippen LogP contribution in [0.15, 0.2) is 46.9 Å². The monoisotopic (exact) mass is 357 g/mol. The van der Waals surface area contributed by atoms with Gasteiger partial charge in [0.1, 0.15) is 0 Å². The number of esters is 1. The second kappa shape index (κ2) is 5.77. The van der Waals surface area contributed by atoms with Crippen LogP contribution in [0.25, 0.3) is 11.6 Å². The summed E-state index contributed by atoms with van der Waals surface area (Å²) in [5.41, 5.74) is 3.57. The van der Waals surface area contributed by atoms with Crippen molar-refractivity contribution in [1.29, 1.82) is 0 Å². The zero-order valence-corrected chi connectivity index (χ0v) is 13.3. The third-order valence-corrected chi connectivity index (χ3v) is 3.90. The first-order chi connectivity index (χ1) is 10.6. The topological polar surface area (TPSA) is 55.4 Å². The van der Waals surface area contributed by atoms with E-state index < -0.39 is 0 Å². The van der Waals surface area contributed by atoms with Gasteiger partial charge in [0, 0.05) is 21.3 Å². The SMILES string of the molecule is COC(=O)c1ccc(/C=C2\C(=O)Nc3ccc(Br)cc32)cc1. The number of benzene rings is 2. The van der Waals surface area contributed by atoms with E-state index in [1.54, 1.807) is 30.3 Å². The minimum Gasteiger partial charge on any atom is -0.465 e. The van der Waals surface area contributed by atoms with Gasteiger partial charge in [0.15, 0.2) is 0 Å². The second-order valence-corrected chi connectivity index (χ2v) is 5.73. The molecule has 0 radical (unpaired) electrons. The molecule has 0 atom stereocenters. The molecule has 1 aliphatic rings. The lowest BCUT2D eigenvalue weighted by atomic mass is 10.0. The molecule has 5 heteroatoms. The highest BCUT2D eigenvalue weighted by Crippen LogP contribution is 2.34. The lowest BCUT2D eigenvalue weighted by molar-refractivity contribution is -0.110. The normalized spacial score (nSPS) is 14.6. The summed E-state index contributed by atoms with van der Waals surface area (Å²) in [6, 6.07) is 12.6. The fourth-order valence-corrected chi connectivity index (χ4v) is 2.66. The smallest absolute Gasteiger partial charge is 0.337 e. The van der Waals surface area contributed by atoms with Gasteiger partial charge in [-0.05, 0) is 42.0 Å². The van der Waals surface area contributed by atoms with Gasteiger partial charge in [-0.3, -0.25) is 4.79 Å². The zero-order valence-electron chi connectivity index (χ0n) is 11.7. The van der Waals surface area contributed by atoms with Crippen LogP contribution >= 0.6 is 15.9 Å². The standard InChI is InChI=1S/C17H12BrNO3/c1-22-17(21)11-4-2-10(3-5-11)8-14-13-9-12(18)6-7-15(13)19-16(14)20/h2-9H,1H3,(H,19,20)/b14-8-. The van der Waals surface area contributed by atoms with Crippen molar-refractivity contribution in [1.82, 2.24) is 0 Å². The van der Waals surface area contributed by atoms with Crippen molar-refractivity contribution in [2.24, 2.45) is 0 Å². The molecule has 0 unspecified atom stereocenters. The molecule has 0 aliphatic carbocycles. The molecule has 1 aliphatic heterocycles. The summed E-state index contributed by atoms with van der Waals surface area (Å²) in [5, 5.41) is 2.83. The number of carbonyl (C=O) groups excluding carboxylic acids is 2. The van der Waals surface area contributed by atoms with Crippen molar-refractivity contribution in [2.45, 2.75) is 0 Å². The predicted molar refractivity (Wildman–Crippen MR) is 88.4 cm³/mol. The minimum absolute atomic E-state index is 0.134. The molecule has 1 amide bonds. The van der Waals surface area contributed by atoms with Gasteiger partial charge < -0.3 is 10.1 Å². The quantitative estimate of drug-likeness (QED) is 0.658. The molecule has 0 spiro atoms. The highest BCUT2D eigenvalue weighted by atomic mass is 79.9. The van der Waals surface area contributed by atoms with Crippen molar-refractivity contribution in [3.63, 3.8) is 0 Å². The molecular weight excluding hydrogens is 346 g/mol. The van der Waals surface area contributed by atoms with Crippen LogP contribution in [0.1, 0.15) is 21.5 Å². The Hall–Kier alpha value is -2.40. The Morgan fingerprint density at radius 1 is 1.18 bits per heavy atom. The Kier molecular flexibility index (Phi) is 3.81. The Morgan fingerprint density at radius 2 is 1.91 bits per heavy atom. The Balaban J connectivity index is 1.97. The number of nitrogens with one attached hydrogen (secondary N) is 1. The molecule has 0 aromatic heterocycles. The molecule has 0 saturated carbocycles. The van der Waals surface area contributed by atoms with E-state index in [4.69, 9.17) is 0 Å². The number of carbonyl (C=O) groups is 2. The van der Waals surface area contributed by atoms with Crippen LogP contribution in [0.5, 0.6) is 0 Å². The number of amides is 1. The summed E-state index contributed by atoms with van der Waals surface area (Å²) in [7, 11) is 1.34. The van der Waals surface area contributed by atoms with Crippen molar-refractivity contribution >= 4 is 45.1 Å². The fourth-order valence-electron chi connectivity index (χ4n) is 2.30. The molecule has 0 bridgehead atoms. The first kappa shape index (κ1) is 14.5. The van der Waals surface area contributed by atoms with Gasteiger partial charge >= 0.3 is 5.97 Å². The van der Waals surface area contributed by atoms with E-state index in [2.05, 4.69) is 26.0 Å². The molecule has 1 N–H and O–H groups in total. The largest absolute Gasteiger partial charge is 0.465 e. The maximum Gasteiger partial charge on any atom is 0.337 e. The number of anilines is 1. The van der Waals surface area contributed by atoms with Gasteiger partial charge in [0.2, 0.25) is 0 Å². The second-order valence-electron chi connectivity index (χ2n) is 4.82. The average molecular weight is 358 g/mol. The third-order valence-electron chi connectivity index (χ3n) is 3.41. The number of rotatable bonds is 2. The maximum atomic E-state index is 12.1. The summed E-state index contributed by atoms with van der Waals surface area (Å²) in [4.78, 5) is 23.5. The fraction of sp³-hybridized carbons (Fsp3) is 0.0588. The molecule has 110 valence electrons. The summed E-state index contributed by atoms with van der Waals surface area (Å²) in [6.45, 7) is 0. The first-order valence-electron chi connectivity index (χ1n) is 6.60. The maximum absolute atomic E-state index is 12.1. The minimum atomic E-state index is -0.382. The Labute approximate surface area is 135 Å². The van der Waals surface area contributed by atoms with Crippen LogP contribution in [0, 0.1) is 0 Å². The molecule has 22 heavy (non-hydrogen) atoms. The van der Waals surface area contributed by atoms with Crippen LogP contribution in [-0.4, -0.2) is 19.0 Å². The Morgan fingerprint density at radius 3 is 2.59 bits per heavy atom. The highest BCUT2D eigenvalue weighted by Gasteiger charge is 2.24. The van der Waals surface area contributed by atoms with Gasteiger partial charge in [-0.15, -0.1) is 0 Å². The third kappa shape index (κ3) is 2.67. The van der Waals surface area contributed by atoms with E-state index >= 15 is 0 Å². The van der Waals surface area contributed by atoms with Crippen molar-refractivity contribution in [2.75, 3.05) is 12.4 Å². The number of fused-ring (bicyclic) bond motifs is 1. The van der Waals surface area contributed by atoms with Crippen LogP contribution < -0.4 is 5.32 Å². The predicted octanol–water partition coefficient (Wildman–Crippen LogP) is 3.73. The van der Waals surface area contributed by atoms with E-state index in [1.807, 2.05) is 18.2 Å². The lowest BCUT2D eigenvalue weighted by Crippen LogP contribution is -2.03. The first-order valence-corrected chi connectivity index (χ1v) is 7.39. The molecule has 0 saturated heterocycles. The van der Waals surface area contributed by atoms with Gasteiger partial charge in [-0.25, -0.2) is 4.79 Å².